The van der Waals surface area contributed by atoms with E-state index in [0.717, 1.165) is 11.4 Å². The Hall–Kier alpha value is -2.57. The fourth-order valence-corrected chi connectivity index (χ4v) is 2.04. The molecule has 1 aromatic rings. The van der Waals surface area contributed by atoms with Gasteiger partial charge in [0.1, 0.15) is 5.82 Å². The number of methoxy groups -OCH3 is 1. The summed E-state index contributed by atoms with van der Waals surface area (Å²) in [4.78, 5) is 29.6. The van der Waals surface area contributed by atoms with Gasteiger partial charge < -0.3 is 19.6 Å². The molecule has 0 unspecified atom stereocenters. The van der Waals surface area contributed by atoms with Crippen LogP contribution in [0, 0.1) is 0 Å². The van der Waals surface area contributed by atoms with Crippen molar-refractivity contribution >= 4 is 24.0 Å². The molecule has 112 valence electrons. The van der Waals surface area contributed by atoms with E-state index < -0.39 is 12.1 Å². The molecule has 1 aromatic heterocycles. The van der Waals surface area contributed by atoms with E-state index in [9.17, 15) is 9.59 Å². The van der Waals surface area contributed by atoms with E-state index in [1.807, 2.05) is 17.0 Å². The fraction of sp³-hybridized carbons (Fsp3) is 0.357. The van der Waals surface area contributed by atoms with Gasteiger partial charge in [-0.05, 0) is 23.8 Å². The second-order valence-corrected chi connectivity index (χ2v) is 4.56. The first kappa shape index (κ1) is 14.8. The molecule has 0 bridgehead atoms. The number of nitrogens with zero attached hydrogens (tertiary/aromatic N) is 3. The molecule has 2 heterocycles. The van der Waals surface area contributed by atoms with Crippen LogP contribution in [0.15, 0.2) is 24.4 Å². The normalized spacial score (nSPS) is 15.3. The molecule has 1 aliphatic rings. The van der Waals surface area contributed by atoms with Crippen molar-refractivity contribution in [2.75, 3.05) is 38.2 Å². The number of anilines is 1. The summed E-state index contributed by atoms with van der Waals surface area (Å²) in [6.45, 7) is 2.19. The van der Waals surface area contributed by atoms with E-state index in [0.29, 0.717) is 26.2 Å². The third-order valence-electron chi connectivity index (χ3n) is 3.26. The van der Waals surface area contributed by atoms with Crippen LogP contribution in [0.3, 0.4) is 0 Å². The van der Waals surface area contributed by atoms with Crippen LogP contribution in [0.5, 0.6) is 0 Å². The molecule has 1 N–H and O–H groups in total. The smallest absolute Gasteiger partial charge is 0.407 e. The number of hydrogen-bond donors (Lipinski definition) is 1. The molecule has 7 nitrogen and oxygen atoms in total. The minimum absolute atomic E-state index is 0.413. The highest BCUT2D eigenvalue weighted by molar-refractivity contribution is 5.86. The number of pyridine rings is 1. The second kappa shape index (κ2) is 6.74. The molecule has 1 amide bonds. The van der Waals surface area contributed by atoms with Crippen molar-refractivity contribution in [3.8, 4) is 0 Å². The lowest BCUT2D eigenvalue weighted by molar-refractivity contribution is -0.134. The summed E-state index contributed by atoms with van der Waals surface area (Å²) in [6, 6.07) is 3.71. The van der Waals surface area contributed by atoms with Crippen molar-refractivity contribution in [2.45, 2.75) is 0 Å². The van der Waals surface area contributed by atoms with E-state index >= 15 is 0 Å². The van der Waals surface area contributed by atoms with Crippen molar-refractivity contribution in [3.05, 3.63) is 30.0 Å². The number of aromatic nitrogens is 1. The third kappa shape index (κ3) is 3.95. The standard InChI is InChI=1S/C14H17N3O4/c1-21-13(18)5-3-11-2-4-12(15-10-11)16-6-8-17(9-7-16)14(19)20/h2-5,10H,6-9H2,1H3,(H,19,20). The van der Waals surface area contributed by atoms with Gasteiger partial charge >= 0.3 is 12.1 Å². The number of carbonyl (C=O) groups is 2. The maximum atomic E-state index is 11.0. The lowest BCUT2D eigenvalue weighted by atomic mass is 10.2. The Kier molecular flexibility index (Phi) is 4.76. The average molecular weight is 291 g/mol. The van der Waals surface area contributed by atoms with E-state index in [2.05, 4.69) is 9.72 Å². The number of carboxylic acid groups (broad SMARTS) is 1. The molecule has 0 aliphatic carbocycles. The summed E-state index contributed by atoms with van der Waals surface area (Å²) in [5, 5.41) is 8.90. The number of esters is 1. The van der Waals surface area contributed by atoms with E-state index in [1.165, 1.54) is 18.1 Å². The molecule has 0 saturated carbocycles. The van der Waals surface area contributed by atoms with Crippen molar-refractivity contribution in [1.82, 2.24) is 9.88 Å². The van der Waals surface area contributed by atoms with Crippen LogP contribution in [0.1, 0.15) is 5.56 Å². The highest BCUT2D eigenvalue weighted by Crippen LogP contribution is 2.14. The van der Waals surface area contributed by atoms with Crippen LogP contribution in [-0.4, -0.2) is 60.3 Å². The van der Waals surface area contributed by atoms with Crippen molar-refractivity contribution in [3.63, 3.8) is 0 Å². The summed E-state index contributed by atoms with van der Waals surface area (Å²) in [5.41, 5.74) is 0.799. The first-order valence-electron chi connectivity index (χ1n) is 6.55. The number of amides is 1. The van der Waals surface area contributed by atoms with Gasteiger partial charge in [0.15, 0.2) is 0 Å². The predicted octanol–water partition coefficient (Wildman–Crippen LogP) is 1.07. The molecule has 0 spiro atoms. The third-order valence-corrected chi connectivity index (χ3v) is 3.26. The summed E-state index contributed by atoms with van der Waals surface area (Å²) in [6.07, 6.45) is 3.75. The van der Waals surface area contributed by atoms with Gasteiger partial charge in [-0.15, -0.1) is 0 Å². The zero-order valence-electron chi connectivity index (χ0n) is 11.7. The van der Waals surface area contributed by atoms with Crippen LogP contribution in [0.25, 0.3) is 6.08 Å². The minimum Gasteiger partial charge on any atom is -0.466 e. The Balaban J connectivity index is 1.95. The predicted molar refractivity (Wildman–Crippen MR) is 77.1 cm³/mol. The molecule has 1 saturated heterocycles. The van der Waals surface area contributed by atoms with E-state index in [-0.39, 0.29) is 0 Å². The molecule has 0 radical (unpaired) electrons. The van der Waals surface area contributed by atoms with Crippen LogP contribution in [-0.2, 0) is 9.53 Å². The molecular formula is C14H17N3O4. The zero-order chi connectivity index (χ0) is 15.2. The summed E-state index contributed by atoms with van der Waals surface area (Å²) >= 11 is 0. The van der Waals surface area contributed by atoms with Gasteiger partial charge in [-0.25, -0.2) is 14.6 Å². The zero-order valence-corrected chi connectivity index (χ0v) is 11.7. The van der Waals surface area contributed by atoms with Crippen LogP contribution < -0.4 is 4.90 Å². The Morgan fingerprint density at radius 1 is 1.29 bits per heavy atom. The summed E-state index contributed by atoms with van der Waals surface area (Å²) in [7, 11) is 1.32. The molecule has 21 heavy (non-hydrogen) atoms. The molecule has 2 rings (SSSR count). The topological polar surface area (TPSA) is 83.0 Å². The molecule has 0 aromatic carbocycles. The maximum absolute atomic E-state index is 11.0. The monoisotopic (exact) mass is 291 g/mol. The van der Waals surface area contributed by atoms with Gasteiger partial charge in [0.05, 0.1) is 7.11 Å². The largest absolute Gasteiger partial charge is 0.466 e. The Morgan fingerprint density at radius 3 is 2.52 bits per heavy atom. The summed E-state index contributed by atoms with van der Waals surface area (Å²) < 4.78 is 4.51. The van der Waals surface area contributed by atoms with Crippen LogP contribution >= 0.6 is 0 Å². The lowest BCUT2D eigenvalue weighted by Gasteiger charge is -2.33. The fourth-order valence-electron chi connectivity index (χ4n) is 2.04. The van der Waals surface area contributed by atoms with Gasteiger partial charge in [0, 0.05) is 38.5 Å². The number of piperazine rings is 1. The minimum atomic E-state index is -0.883. The summed E-state index contributed by atoms with van der Waals surface area (Å²) in [5.74, 6) is 0.388. The quantitative estimate of drug-likeness (QED) is 0.662. The Bertz CT molecular complexity index is 534. The highest BCUT2D eigenvalue weighted by atomic mass is 16.5. The van der Waals surface area contributed by atoms with Gasteiger partial charge in [0.2, 0.25) is 0 Å². The molecule has 1 fully saturated rings. The number of rotatable bonds is 3. The van der Waals surface area contributed by atoms with E-state index in [1.54, 1.807) is 12.3 Å². The van der Waals surface area contributed by atoms with Gasteiger partial charge in [-0.2, -0.15) is 0 Å². The number of ether oxygens (including phenoxy) is 1. The second-order valence-electron chi connectivity index (χ2n) is 4.56. The Labute approximate surface area is 122 Å². The van der Waals surface area contributed by atoms with Gasteiger partial charge in [0.25, 0.3) is 0 Å². The van der Waals surface area contributed by atoms with Gasteiger partial charge in [-0.3, -0.25) is 0 Å². The van der Waals surface area contributed by atoms with E-state index in [4.69, 9.17) is 5.11 Å². The molecular weight excluding hydrogens is 274 g/mol. The molecule has 7 heteroatoms. The Morgan fingerprint density at radius 2 is 2.00 bits per heavy atom. The SMILES string of the molecule is COC(=O)C=Cc1ccc(N2CCN(C(=O)O)CC2)nc1. The lowest BCUT2D eigenvalue weighted by Crippen LogP contribution is -2.48. The molecule has 1 aliphatic heterocycles. The van der Waals surface area contributed by atoms with Gasteiger partial charge in [-0.1, -0.05) is 0 Å². The van der Waals surface area contributed by atoms with Crippen molar-refractivity contribution in [2.24, 2.45) is 0 Å². The first-order chi connectivity index (χ1) is 10.1. The number of carbonyl (C=O) groups excluding carboxylic acids is 1. The van der Waals surface area contributed by atoms with Crippen LogP contribution in [0.2, 0.25) is 0 Å². The van der Waals surface area contributed by atoms with Crippen molar-refractivity contribution in [1.29, 1.82) is 0 Å². The average Bonchev–Trinajstić information content (AvgIpc) is 2.53. The first-order valence-corrected chi connectivity index (χ1v) is 6.55. The number of hydrogen-bond acceptors (Lipinski definition) is 5. The van der Waals surface area contributed by atoms with Crippen molar-refractivity contribution < 1.29 is 19.4 Å². The van der Waals surface area contributed by atoms with Crippen LogP contribution in [0.4, 0.5) is 10.6 Å². The maximum Gasteiger partial charge on any atom is 0.407 e. The molecule has 0 atom stereocenters. The highest BCUT2D eigenvalue weighted by Gasteiger charge is 2.20.